The number of benzene rings is 1. The van der Waals surface area contributed by atoms with Crippen molar-refractivity contribution in [1.82, 2.24) is 15.0 Å². The molecule has 96 valence electrons. The molecule has 4 heteroatoms. The number of hydrogen-bond acceptors (Lipinski definition) is 3. The van der Waals surface area contributed by atoms with Crippen LogP contribution in [0.4, 0.5) is 0 Å². The van der Waals surface area contributed by atoms with E-state index in [4.69, 9.17) is 5.73 Å². The summed E-state index contributed by atoms with van der Waals surface area (Å²) >= 11 is 0. The van der Waals surface area contributed by atoms with Crippen molar-refractivity contribution in [2.45, 2.75) is 31.7 Å². The molecule has 2 N–H and O–H groups in total. The molecule has 2 aromatic rings. The molecule has 18 heavy (non-hydrogen) atoms. The third kappa shape index (κ3) is 2.76. The van der Waals surface area contributed by atoms with E-state index in [-0.39, 0.29) is 5.54 Å². The maximum absolute atomic E-state index is 6.59. The first-order chi connectivity index (χ1) is 8.64. The first kappa shape index (κ1) is 12.8. The Morgan fingerprint density at radius 3 is 2.56 bits per heavy atom. The van der Waals surface area contributed by atoms with Crippen LogP contribution >= 0.6 is 0 Å². The number of rotatable bonds is 5. The van der Waals surface area contributed by atoms with Gasteiger partial charge in [-0.25, -0.2) is 0 Å². The summed E-state index contributed by atoms with van der Waals surface area (Å²) in [5.74, 6) is 0. The minimum absolute atomic E-state index is 0.355. The fourth-order valence-electron chi connectivity index (χ4n) is 2.35. The van der Waals surface area contributed by atoms with E-state index in [2.05, 4.69) is 29.4 Å². The summed E-state index contributed by atoms with van der Waals surface area (Å²) in [7, 11) is 1.87. The predicted molar refractivity (Wildman–Crippen MR) is 71.9 cm³/mol. The van der Waals surface area contributed by atoms with Crippen LogP contribution in [0.5, 0.6) is 0 Å². The number of aromatic nitrogens is 3. The van der Waals surface area contributed by atoms with Gasteiger partial charge in [0.2, 0.25) is 0 Å². The lowest BCUT2D eigenvalue weighted by atomic mass is 9.83. The Labute approximate surface area is 108 Å². The Kier molecular flexibility index (Phi) is 3.77. The summed E-state index contributed by atoms with van der Waals surface area (Å²) in [4.78, 5) is 0. The highest BCUT2D eigenvalue weighted by Gasteiger charge is 2.27. The molecule has 0 spiro atoms. The predicted octanol–water partition coefficient (Wildman–Crippen LogP) is 2.01. The van der Waals surface area contributed by atoms with Gasteiger partial charge in [-0.3, -0.25) is 4.68 Å². The molecule has 1 unspecified atom stereocenters. The summed E-state index contributed by atoms with van der Waals surface area (Å²) in [6.07, 6.45) is 4.64. The Bertz CT molecular complexity index is 492. The van der Waals surface area contributed by atoms with Crippen molar-refractivity contribution < 1.29 is 0 Å². The average molecular weight is 244 g/mol. The Morgan fingerprint density at radius 2 is 2.00 bits per heavy atom. The Hall–Kier alpha value is -1.68. The fraction of sp³-hybridized carbons (Fsp3) is 0.429. The van der Waals surface area contributed by atoms with Crippen LogP contribution in [-0.2, 0) is 19.0 Å². The molecule has 0 amide bonds. The number of aryl methyl sites for hydroxylation is 1. The molecule has 0 aliphatic carbocycles. The molecule has 4 nitrogen and oxygen atoms in total. The second kappa shape index (κ2) is 5.31. The van der Waals surface area contributed by atoms with E-state index < -0.39 is 0 Å². The molecule has 0 radical (unpaired) electrons. The van der Waals surface area contributed by atoms with Crippen LogP contribution in [0.15, 0.2) is 36.5 Å². The van der Waals surface area contributed by atoms with Crippen LogP contribution in [0.3, 0.4) is 0 Å². The van der Waals surface area contributed by atoms with Gasteiger partial charge < -0.3 is 5.73 Å². The van der Waals surface area contributed by atoms with E-state index in [9.17, 15) is 0 Å². The van der Waals surface area contributed by atoms with Gasteiger partial charge in [0.1, 0.15) is 0 Å². The molecule has 0 aliphatic heterocycles. The van der Waals surface area contributed by atoms with E-state index in [1.807, 2.05) is 31.4 Å². The van der Waals surface area contributed by atoms with Crippen molar-refractivity contribution in [3.63, 3.8) is 0 Å². The summed E-state index contributed by atoms with van der Waals surface area (Å²) < 4.78 is 1.71. The lowest BCUT2D eigenvalue weighted by Gasteiger charge is -2.29. The highest BCUT2D eigenvalue weighted by atomic mass is 15.4. The largest absolute Gasteiger partial charge is 0.321 e. The third-order valence-electron chi connectivity index (χ3n) is 3.19. The van der Waals surface area contributed by atoms with Crippen molar-refractivity contribution in [2.24, 2.45) is 12.8 Å². The SMILES string of the molecule is CCCC(N)(Cc1cn(C)nn1)c1ccccc1. The molecule has 1 heterocycles. The Morgan fingerprint density at radius 1 is 1.28 bits per heavy atom. The monoisotopic (exact) mass is 244 g/mol. The molecule has 0 saturated heterocycles. The maximum atomic E-state index is 6.59. The van der Waals surface area contributed by atoms with Gasteiger partial charge in [0, 0.05) is 25.2 Å². The highest BCUT2D eigenvalue weighted by Crippen LogP contribution is 2.27. The molecule has 0 fully saturated rings. The standard InChI is InChI=1S/C14H20N4/c1-3-9-14(15,12-7-5-4-6-8-12)10-13-11-18(2)17-16-13/h4-8,11H,3,9-10,15H2,1-2H3. The first-order valence-electron chi connectivity index (χ1n) is 6.33. The molecular weight excluding hydrogens is 224 g/mol. The molecule has 1 atom stereocenters. The number of nitrogens with two attached hydrogens (primary N) is 1. The van der Waals surface area contributed by atoms with Gasteiger partial charge in [-0.05, 0) is 12.0 Å². The summed E-state index contributed by atoms with van der Waals surface area (Å²) in [5.41, 5.74) is 8.35. The first-order valence-corrected chi connectivity index (χ1v) is 6.33. The third-order valence-corrected chi connectivity index (χ3v) is 3.19. The van der Waals surface area contributed by atoms with Crippen molar-refractivity contribution >= 4 is 0 Å². The second-order valence-corrected chi connectivity index (χ2v) is 4.83. The summed E-state index contributed by atoms with van der Waals surface area (Å²) in [5, 5.41) is 8.11. The maximum Gasteiger partial charge on any atom is 0.0848 e. The zero-order valence-electron chi connectivity index (χ0n) is 11.0. The topological polar surface area (TPSA) is 56.7 Å². The van der Waals surface area contributed by atoms with Gasteiger partial charge in [-0.15, -0.1) is 5.10 Å². The normalized spacial score (nSPS) is 14.4. The van der Waals surface area contributed by atoms with Crippen LogP contribution in [0.2, 0.25) is 0 Å². The van der Waals surface area contributed by atoms with Crippen molar-refractivity contribution in [1.29, 1.82) is 0 Å². The van der Waals surface area contributed by atoms with Gasteiger partial charge in [0.25, 0.3) is 0 Å². The lowest BCUT2D eigenvalue weighted by molar-refractivity contribution is 0.396. The second-order valence-electron chi connectivity index (χ2n) is 4.83. The van der Waals surface area contributed by atoms with Gasteiger partial charge >= 0.3 is 0 Å². The molecule has 0 saturated carbocycles. The van der Waals surface area contributed by atoms with E-state index in [0.717, 1.165) is 30.5 Å². The van der Waals surface area contributed by atoms with Crippen LogP contribution in [0, 0.1) is 0 Å². The summed E-state index contributed by atoms with van der Waals surface area (Å²) in [6.45, 7) is 2.15. The number of hydrogen-bond donors (Lipinski definition) is 1. The molecule has 0 aliphatic rings. The van der Waals surface area contributed by atoms with E-state index in [1.165, 1.54) is 0 Å². The molecule has 0 bridgehead atoms. The lowest BCUT2D eigenvalue weighted by Crippen LogP contribution is -2.39. The highest BCUT2D eigenvalue weighted by molar-refractivity contribution is 5.25. The molecular formula is C14H20N4. The molecule has 1 aromatic heterocycles. The van der Waals surface area contributed by atoms with Crippen LogP contribution in [-0.4, -0.2) is 15.0 Å². The molecule has 2 rings (SSSR count). The number of nitrogens with zero attached hydrogens (tertiary/aromatic N) is 3. The zero-order valence-corrected chi connectivity index (χ0v) is 11.0. The molecule has 1 aromatic carbocycles. The Balaban J connectivity index is 2.26. The van der Waals surface area contributed by atoms with E-state index in [1.54, 1.807) is 4.68 Å². The van der Waals surface area contributed by atoms with Crippen LogP contribution in [0.1, 0.15) is 31.0 Å². The van der Waals surface area contributed by atoms with E-state index >= 15 is 0 Å². The van der Waals surface area contributed by atoms with Gasteiger partial charge in [0.15, 0.2) is 0 Å². The quantitative estimate of drug-likeness (QED) is 0.875. The van der Waals surface area contributed by atoms with Crippen molar-refractivity contribution in [2.75, 3.05) is 0 Å². The van der Waals surface area contributed by atoms with Gasteiger partial charge in [-0.1, -0.05) is 48.9 Å². The minimum atomic E-state index is -0.355. The van der Waals surface area contributed by atoms with Crippen LogP contribution in [0.25, 0.3) is 0 Å². The minimum Gasteiger partial charge on any atom is -0.321 e. The van der Waals surface area contributed by atoms with Gasteiger partial charge in [0.05, 0.1) is 5.69 Å². The summed E-state index contributed by atoms with van der Waals surface area (Å²) in [6, 6.07) is 10.3. The van der Waals surface area contributed by atoms with E-state index in [0.29, 0.717) is 0 Å². The fourth-order valence-corrected chi connectivity index (χ4v) is 2.35. The van der Waals surface area contributed by atoms with Crippen molar-refractivity contribution in [3.8, 4) is 0 Å². The average Bonchev–Trinajstić information content (AvgIpc) is 2.76. The smallest absolute Gasteiger partial charge is 0.0848 e. The van der Waals surface area contributed by atoms with Gasteiger partial charge in [-0.2, -0.15) is 0 Å². The zero-order chi connectivity index (χ0) is 13.0. The van der Waals surface area contributed by atoms with Crippen molar-refractivity contribution in [3.05, 3.63) is 47.8 Å². The van der Waals surface area contributed by atoms with Crippen LogP contribution < -0.4 is 5.73 Å².